The maximum Gasteiger partial charge on any atom is 0.247 e. The third-order valence-electron chi connectivity index (χ3n) is 5.50. The van der Waals surface area contributed by atoms with Crippen LogP contribution in [0.3, 0.4) is 0 Å². The summed E-state index contributed by atoms with van der Waals surface area (Å²) in [6.07, 6.45) is 0.761. The van der Waals surface area contributed by atoms with Gasteiger partial charge < -0.3 is 15.0 Å². The average molecular weight is 497 g/mol. The van der Waals surface area contributed by atoms with Crippen LogP contribution in [-0.2, 0) is 27.3 Å². The van der Waals surface area contributed by atoms with Crippen LogP contribution in [0, 0.1) is 5.82 Å². The molecular formula is C28H30ClFN2O3. The molecule has 0 fully saturated rings. The van der Waals surface area contributed by atoms with E-state index in [2.05, 4.69) is 5.32 Å². The molecule has 35 heavy (non-hydrogen) atoms. The molecule has 0 radical (unpaired) electrons. The molecule has 0 aromatic heterocycles. The number of rotatable bonds is 12. The molecule has 0 saturated carbocycles. The Balaban J connectivity index is 1.90. The van der Waals surface area contributed by atoms with Gasteiger partial charge in [-0.1, -0.05) is 66.2 Å². The van der Waals surface area contributed by atoms with Crippen LogP contribution in [0.5, 0.6) is 0 Å². The molecule has 3 aromatic rings. The van der Waals surface area contributed by atoms with Crippen LogP contribution in [0.2, 0.25) is 5.02 Å². The summed E-state index contributed by atoms with van der Waals surface area (Å²) >= 11 is 6.00. The molecule has 0 heterocycles. The van der Waals surface area contributed by atoms with Crippen molar-refractivity contribution in [3.8, 4) is 0 Å². The first kappa shape index (κ1) is 26.4. The van der Waals surface area contributed by atoms with E-state index in [1.165, 1.54) is 12.1 Å². The monoisotopic (exact) mass is 496 g/mol. The summed E-state index contributed by atoms with van der Waals surface area (Å²) in [4.78, 5) is 28.6. The smallest absolute Gasteiger partial charge is 0.247 e. The third kappa shape index (κ3) is 8.19. The van der Waals surface area contributed by atoms with Gasteiger partial charge in [0.1, 0.15) is 11.9 Å². The van der Waals surface area contributed by atoms with Gasteiger partial charge in [-0.05, 0) is 54.3 Å². The largest absolute Gasteiger partial charge is 0.382 e. The average Bonchev–Trinajstić information content (AvgIpc) is 2.87. The Morgan fingerprint density at radius 1 is 0.971 bits per heavy atom. The fourth-order valence-corrected chi connectivity index (χ4v) is 3.85. The maximum atomic E-state index is 13.6. The number of nitrogens with one attached hydrogen (secondary N) is 1. The first-order chi connectivity index (χ1) is 17.0. The van der Waals surface area contributed by atoms with Crippen LogP contribution in [0.25, 0.3) is 0 Å². The van der Waals surface area contributed by atoms with Crippen molar-refractivity contribution in [3.63, 3.8) is 0 Å². The van der Waals surface area contributed by atoms with E-state index in [0.717, 1.165) is 11.1 Å². The highest BCUT2D eigenvalue weighted by Crippen LogP contribution is 2.25. The number of amides is 2. The highest BCUT2D eigenvalue weighted by molar-refractivity contribution is 6.30. The molecule has 0 bridgehead atoms. The second-order valence-electron chi connectivity index (χ2n) is 8.11. The highest BCUT2D eigenvalue weighted by Gasteiger charge is 2.31. The number of hydrogen-bond acceptors (Lipinski definition) is 3. The van der Waals surface area contributed by atoms with Crippen molar-refractivity contribution in [2.45, 2.75) is 32.4 Å². The molecule has 184 valence electrons. The van der Waals surface area contributed by atoms with Gasteiger partial charge >= 0.3 is 0 Å². The summed E-state index contributed by atoms with van der Waals surface area (Å²) in [5.74, 6) is -0.867. The van der Waals surface area contributed by atoms with Gasteiger partial charge in [0.25, 0.3) is 0 Å². The Kier molecular flexibility index (Phi) is 10.3. The van der Waals surface area contributed by atoms with E-state index in [-0.39, 0.29) is 30.6 Å². The molecule has 0 unspecified atom stereocenters. The number of carbonyl (C=O) groups is 2. The second-order valence-corrected chi connectivity index (χ2v) is 8.54. The molecule has 1 atom stereocenters. The number of halogens is 2. The highest BCUT2D eigenvalue weighted by atomic mass is 35.5. The summed E-state index contributed by atoms with van der Waals surface area (Å²) in [6, 6.07) is 21.3. The number of carbonyl (C=O) groups excluding carboxylic acids is 2. The van der Waals surface area contributed by atoms with Gasteiger partial charge in [-0.2, -0.15) is 0 Å². The number of ether oxygens (including phenoxy) is 1. The van der Waals surface area contributed by atoms with Gasteiger partial charge in [-0.15, -0.1) is 0 Å². The maximum absolute atomic E-state index is 13.6. The molecule has 7 heteroatoms. The molecule has 0 spiro atoms. The van der Waals surface area contributed by atoms with Crippen LogP contribution in [0.1, 0.15) is 36.1 Å². The van der Waals surface area contributed by atoms with Crippen molar-refractivity contribution in [2.75, 3.05) is 19.8 Å². The minimum Gasteiger partial charge on any atom is -0.382 e. The van der Waals surface area contributed by atoms with Gasteiger partial charge in [-0.3, -0.25) is 9.59 Å². The molecule has 0 aliphatic carbocycles. The van der Waals surface area contributed by atoms with E-state index >= 15 is 0 Å². The Labute approximate surface area is 210 Å². The number of benzene rings is 3. The fourth-order valence-electron chi connectivity index (χ4n) is 3.72. The predicted molar refractivity (Wildman–Crippen MR) is 135 cm³/mol. The Hall–Kier alpha value is -3.22. The first-order valence-corrected chi connectivity index (χ1v) is 12.0. The van der Waals surface area contributed by atoms with Crippen LogP contribution in [0.4, 0.5) is 4.39 Å². The van der Waals surface area contributed by atoms with E-state index < -0.39 is 6.04 Å². The van der Waals surface area contributed by atoms with Crippen LogP contribution in [0.15, 0.2) is 78.9 Å². The van der Waals surface area contributed by atoms with Crippen LogP contribution >= 0.6 is 11.6 Å². The van der Waals surface area contributed by atoms with Gasteiger partial charge in [0.2, 0.25) is 11.8 Å². The van der Waals surface area contributed by atoms with Crippen molar-refractivity contribution in [1.82, 2.24) is 10.2 Å². The quantitative estimate of drug-likeness (QED) is 0.344. The van der Waals surface area contributed by atoms with Crippen molar-refractivity contribution in [1.29, 1.82) is 0 Å². The Morgan fingerprint density at radius 2 is 1.63 bits per heavy atom. The summed E-state index contributed by atoms with van der Waals surface area (Å²) in [5, 5.41) is 3.53. The van der Waals surface area contributed by atoms with Crippen molar-refractivity contribution >= 4 is 23.4 Å². The summed E-state index contributed by atoms with van der Waals surface area (Å²) in [7, 11) is 0. The minimum absolute atomic E-state index is 0.0965. The third-order valence-corrected chi connectivity index (χ3v) is 5.75. The molecule has 0 saturated heterocycles. The van der Waals surface area contributed by atoms with Gasteiger partial charge in [-0.25, -0.2) is 4.39 Å². The number of nitrogens with zero attached hydrogens (tertiary/aromatic N) is 1. The second kappa shape index (κ2) is 13.6. The zero-order valence-electron chi connectivity index (χ0n) is 19.8. The van der Waals surface area contributed by atoms with Crippen molar-refractivity contribution in [3.05, 3.63) is 106 Å². The summed E-state index contributed by atoms with van der Waals surface area (Å²) in [6.45, 7) is 3.66. The van der Waals surface area contributed by atoms with Crippen molar-refractivity contribution in [2.24, 2.45) is 0 Å². The lowest BCUT2D eigenvalue weighted by Gasteiger charge is -2.32. The molecule has 1 N–H and O–H groups in total. The molecule has 3 aromatic carbocycles. The SMILES string of the molecule is CCOCCCNC(=O)[C@@H](c1ccccc1)N(Cc1ccc(F)cc1)C(=O)Cc1ccc(Cl)cc1. The number of hydrogen-bond donors (Lipinski definition) is 1. The lowest BCUT2D eigenvalue weighted by Crippen LogP contribution is -2.44. The molecule has 0 aliphatic heterocycles. The fraction of sp³-hybridized carbons (Fsp3) is 0.286. The van der Waals surface area contributed by atoms with Crippen LogP contribution in [-0.4, -0.2) is 36.5 Å². The predicted octanol–water partition coefficient (Wildman–Crippen LogP) is 5.33. The van der Waals surface area contributed by atoms with E-state index in [0.29, 0.717) is 36.8 Å². The van der Waals surface area contributed by atoms with E-state index in [9.17, 15) is 14.0 Å². The van der Waals surface area contributed by atoms with E-state index in [1.54, 1.807) is 41.3 Å². The first-order valence-electron chi connectivity index (χ1n) is 11.7. The molecule has 5 nitrogen and oxygen atoms in total. The zero-order valence-corrected chi connectivity index (χ0v) is 20.5. The zero-order chi connectivity index (χ0) is 25.0. The van der Waals surface area contributed by atoms with Crippen molar-refractivity contribution < 1.29 is 18.7 Å². The molecule has 2 amide bonds. The molecular weight excluding hydrogens is 467 g/mol. The molecule has 3 rings (SSSR count). The minimum atomic E-state index is -0.854. The topological polar surface area (TPSA) is 58.6 Å². The Bertz CT molecular complexity index is 1080. The molecule has 0 aliphatic rings. The normalized spacial score (nSPS) is 11.6. The van der Waals surface area contributed by atoms with Gasteiger partial charge in [0, 0.05) is 31.3 Å². The standard InChI is InChI=1S/C28H30ClFN2O3/c1-2-35-18-6-17-31-28(34)27(23-7-4-3-5-8-23)32(20-22-11-15-25(30)16-12-22)26(33)19-21-9-13-24(29)14-10-21/h3-5,7-16,27H,2,6,17-20H2,1H3,(H,31,34)/t27-/m1/s1. The summed E-state index contributed by atoms with van der Waals surface area (Å²) in [5.41, 5.74) is 2.20. The van der Waals surface area contributed by atoms with E-state index in [1.807, 2.05) is 37.3 Å². The van der Waals surface area contributed by atoms with Gasteiger partial charge in [0.05, 0.1) is 6.42 Å². The Morgan fingerprint density at radius 3 is 2.29 bits per heavy atom. The van der Waals surface area contributed by atoms with E-state index in [4.69, 9.17) is 16.3 Å². The van der Waals surface area contributed by atoms with Gasteiger partial charge in [0.15, 0.2) is 0 Å². The van der Waals surface area contributed by atoms with Crippen LogP contribution < -0.4 is 5.32 Å². The lowest BCUT2D eigenvalue weighted by atomic mass is 10.0. The lowest BCUT2D eigenvalue weighted by molar-refractivity contribution is -0.141. The summed E-state index contributed by atoms with van der Waals surface area (Å²) < 4.78 is 18.9.